The highest BCUT2D eigenvalue weighted by Crippen LogP contribution is 2.45. The summed E-state index contributed by atoms with van der Waals surface area (Å²) >= 11 is 5.05. The van der Waals surface area contributed by atoms with Crippen LogP contribution in [0.1, 0.15) is 35.1 Å². The fourth-order valence-electron chi connectivity index (χ4n) is 2.20. The van der Waals surface area contributed by atoms with Gasteiger partial charge in [0.15, 0.2) is 0 Å². The van der Waals surface area contributed by atoms with Gasteiger partial charge in [-0.3, -0.25) is 4.79 Å². The zero-order chi connectivity index (χ0) is 16.2. The number of thiophene rings is 1. The maximum atomic E-state index is 12.2. The predicted octanol–water partition coefficient (Wildman–Crippen LogP) is 3.85. The van der Waals surface area contributed by atoms with Crippen LogP contribution < -0.4 is 5.32 Å². The largest absolute Gasteiger partial charge is 0.477 e. The van der Waals surface area contributed by atoms with E-state index in [4.69, 9.17) is 5.11 Å². The lowest BCUT2D eigenvalue weighted by atomic mass is 10.1. The number of nitrogens with one attached hydrogen (secondary N) is 1. The summed E-state index contributed by atoms with van der Waals surface area (Å²) in [5, 5.41) is 11.7. The van der Waals surface area contributed by atoms with Gasteiger partial charge in [0.25, 0.3) is 5.91 Å². The first-order valence-corrected chi connectivity index (χ1v) is 9.98. The first kappa shape index (κ1) is 16.4. The van der Waals surface area contributed by atoms with Gasteiger partial charge < -0.3 is 10.4 Å². The van der Waals surface area contributed by atoms with E-state index < -0.39 is 5.97 Å². The maximum absolute atomic E-state index is 12.2. The van der Waals surface area contributed by atoms with Crippen LogP contribution in [0.2, 0.25) is 0 Å². The van der Waals surface area contributed by atoms with Gasteiger partial charge in [-0.1, -0.05) is 12.1 Å². The number of benzene rings is 1. The number of aromatic carboxylic acids is 1. The maximum Gasteiger partial charge on any atom is 0.345 e. The number of thioether (sulfide) groups is 2. The molecule has 1 amide bonds. The van der Waals surface area contributed by atoms with Gasteiger partial charge in [-0.25, -0.2) is 4.79 Å². The molecule has 1 aliphatic heterocycles. The average Bonchev–Trinajstić information content (AvgIpc) is 3.24. The van der Waals surface area contributed by atoms with Crippen LogP contribution in [0.25, 0.3) is 0 Å². The molecular weight excluding hydrogens is 350 g/mol. The molecule has 3 rings (SSSR count). The molecule has 0 unspecified atom stereocenters. The van der Waals surface area contributed by atoms with Crippen LogP contribution in [0.4, 0.5) is 0 Å². The number of carbonyl (C=O) groups excluding carboxylic acids is 1. The predicted molar refractivity (Wildman–Crippen MR) is 96.5 cm³/mol. The van der Waals surface area contributed by atoms with Crippen LogP contribution in [-0.2, 0) is 6.54 Å². The molecule has 0 bridgehead atoms. The van der Waals surface area contributed by atoms with Crippen LogP contribution >= 0.6 is 34.9 Å². The average molecular weight is 366 g/mol. The van der Waals surface area contributed by atoms with E-state index in [2.05, 4.69) is 5.32 Å². The highest BCUT2D eigenvalue weighted by Gasteiger charge is 2.18. The molecule has 2 N–H and O–H groups in total. The third kappa shape index (κ3) is 4.10. The molecule has 2 heterocycles. The second-order valence-corrected chi connectivity index (χ2v) is 8.84. The minimum absolute atomic E-state index is 0.145. The lowest BCUT2D eigenvalue weighted by Crippen LogP contribution is -2.22. The van der Waals surface area contributed by atoms with E-state index in [1.165, 1.54) is 28.4 Å². The Labute approximate surface area is 146 Å². The number of carboxylic acid groups (broad SMARTS) is 1. The van der Waals surface area contributed by atoms with Crippen LogP contribution in [0.15, 0.2) is 36.4 Å². The topological polar surface area (TPSA) is 66.4 Å². The van der Waals surface area contributed by atoms with Crippen molar-refractivity contribution in [3.05, 3.63) is 57.3 Å². The van der Waals surface area contributed by atoms with Gasteiger partial charge in [-0.15, -0.1) is 34.9 Å². The van der Waals surface area contributed by atoms with E-state index in [0.29, 0.717) is 16.7 Å². The molecule has 0 aliphatic carbocycles. The van der Waals surface area contributed by atoms with E-state index in [9.17, 15) is 9.59 Å². The third-order valence-electron chi connectivity index (χ3n) is 3.36. The number of hydrogen-bond acceptors (Lipinski definition) is 5. The molecule has 23 heavy (non-hydrogen) atoms. The number of rotatable bonds is 5. The Balaban J connectivity index is 1.58. The molecule has 0 spiro atoms. The molecule has 0 saturated carbocycles. The molecule has 4 nitrogen and oxygen atoms in total. The van der Waals surface area contributed by atoms with Gasteiger partial charge >= 0.3 is 5.97 Å². The molecule has 0 radical (unpaired) electrons. The lowest BCUT2D eigenvalue weighted by molar-refractivity contribution is 0.0702. The molecule has 0 atom stereocenters. The monoisotopic (exact) mass is 365 g/mol. The highest BCUT2D eigenvalue weighted by molar-refractivity contribution is 8.19. The minimum Gasteiger partial charge on any atom is -0.477 e. The molecule has 120 valence electrons. The van der Waals surface area contributed by atoms with E-state index >= 15 is 0 Å². The normalized spacial score (nSPS) is 14.8. The Morgan fingerprint density at radius 3 is 2.39 bits per heavy atom. The summed E-state index contributed by atoms with van der Waals surface area (Å²) in [5.74, 6) is 1.27. The Kier molecular flexibility index (Phi) is 5.30. The van der Waals surface area contributed by atoms with Gasteiger partial charge in [-0.05, 0) is 29.8 Å². The number of carboxylic acids is 1. The summed E-state index contributed by atoms with van der Waals surface area (Å²) in [7, 11) is 0. The van der Waals surface area contributed by atoms with Crippen molar-refractivity contribution in [3.63, 3.8) is 0 Å². The van der Waals surface area contributed by atoms with Crippen molar-refractivity contribution in [3.8, 4) is 0 Å². The molecule has 1 aromatic heterocycles. The smallest absolute Gasteiger partial charge is 0.345 e. The molecule has 1 aromatic carbocycles. The first-order valence-electron chi connectivity index (χ1n) is 7.07. The van der Waals surface area contributed by atoms with Crippen LogP contribution in [-0.4, -0.2) is 28.5 Å². The molecule has 7 heteroatoms. The van der Waals surface area contributed by atoms with Crippen molar-refractivity contribution < 1.29 is 14.7 Å². The summed E-state index contributed by atoms with van der Waals surface area (Å²) in [6.45, 7) is 0.340. The van der Waals surface area contributed by atoms with Crippen molar-refractivity contribution in [2.45, 2.75) is 11.1 Å². The van der Waals surface area contributed by atoms with Crippen LogP contribution in [0, 0.1) is 0 Å². The second-order valence-electron chi connectivity index (χ2n) is 4.95. The Morgan fingerprint density at radius 1 is 1.09 bits per heavy atom. The fraction of sp³-hybridized carbons (Fsp3) is 0.250. The third-order valence-corrected chi connectivity index (χ3v) is 7.54. The Bertz CT molecular complexity index is 706. The lowest BCUT2D eigenvalue weighted by Gasteiger charge is -2.09. The van der Waals surface area contributed by atoms with Crippen molar-refractivity contribution in [1.82, 2.24) is 5.32 Å². The van der Waals surface area contributed by atoms with Crippen LogP contribution in [0.5, 0.6) is 0 Å². The quantitative estimate of drug-likeness (QED) is 0.842. The number of amides is 1. The minimum atomic E-state index is -0.939. The van der Waals surface area contributed by atoms with E-state index in [1.54, 1.807) is 12.1 Å². The van der Waals surface area contributed by atoms with Gasteiger partial charge in [0, 0.05) is 21.9 Å². The fourth-order valence-corrected chi connectivity index (χ4v) is 5.85. The second kappa shape index (κ2) is 7.42. The summed E-state index contributed by atoms with van der Waals surface area (Å²) in [5.41, 5.74) is 1.87. The Morgan fingerprint density at radius 2 is 1.78 bits per heavy atom. The highest BCUT2D eigenvalue weighted by atomic mass is 32.2. The molecule has 1 aliphatic rings. The number of hydrogen-bond donors (Lipinski definition) is 2. The van der Waals surface area contributed by atoms with Crippen molar-refractivity contribution >= 4 is 46.7 Å². The van der Waals surface area contributed by atoms with E-state index in [-0.39, 0.29) is 10.8 Å². The SMILES string of the molecule is O=C(NCc1ccc(C(=O)O)s1)c1ccc(C2SCCS2)cc1. The molecule has 2 aromatic rings. The Hall–Kier alpha value is -1.44. The van der Waals surface area contributed by atoms with E-state index in [1.807, 2.05) is 47.8 Å². The van der Waals surface area contributed by atoms with Gasteiger partial charge in [-0.2, -0.15) is 0 Å². The van der Waals surface area contributed by atoms with Crippen molar-refractivity contribution in [2.75, 3.05) is 11.5 Å². The van der Waals surface area contributed by atoms with E-state index in [0.717, 1.165) is 4.88 Å². The zero-order valence-electron chi connectivity index (χ0n) is 12.2. The molecule has 1 fully saturated rings. The molecule has 1 saturated heterocycles. The standard InChI is InChI=1S/C16H15NO3S3/c18-14(17-9-12-5-6-13(23-12)15(19)20)10-1-3-11(4-2-10)16-21-7-8-22-16/h1-6,16H,7-9H2,(H,17,18)(H,19,20). The van der Waals surface area contributed by atoms with Crippen molar-refractivity contribution in [2.24, 2.45) is 0 Å². The van der Waals surface area contributed by atoms with Crippen LogP contribution in [0.3, 0.4) is 0 Å². The van der Waals surface area contributed by atoms with Gasteiger partial charge in [0.05, 0.1) is 11.1 Å². The van der Waals surface area contributed by atoms with Gasteiger partial charge in [0.1, 0.15) is 4.88 Å². The summed E-state index contributed by atoms with van der Waals surface area (Å²) < 4.78 is 0.479. The van der Waals surface area contributed by atoms with Crippen molar-refractivity contribution in [1.29, 1.82) is 0 Å². The summed E-state index contributed by atoms with van der Waals surface area (Å²) in [6.07, 6.45) is 0. The summed E-state index contributed by atoms with van der Waals surface area (Å²) in [6, 6.07) is 11.0. The zero-order valence-corrected chi connectivity index (χ0v) is 14.6. The first-order chi connectivity index (χ1) is 11.1. The summed E-state index contributed by atoms with van der Waals surface area (Å²) in [4.78, 5) is 24.1. The van der Waals surface area contributed by atoms with Gasteiger partial charge in [0.2, 0.25) is 0 Å². The number of carbonyl (C=O) groups is 2. The molecular formula is C16H15NO3S3.